The highest BCUT2D eigenvalue weighted by atomic mass is 32.1. The molecule has 30 heavy (non-hydrogen) atoms. The van der Waals surface area contributed by atoms with Gasteiger partial charge in [-0.2, -0.15) is 0 Å². The number of carboxylic acid groups (broad SMARTS) is 1. The summed E-state index contributed by atoms with van der Waals surface area (Å²) >= 11 is 1.75. The van der Waals surface area contributed by atoms with Gasteiger partial charge >= 0.3 is 5.97 Å². The van der Waals surface area contributed by atoms with Crippen LogP contribution in [0.5, 0.6) is 5.75 Å². The van der Waals surface area contributed by atoms with Gasteiger partial charge in [0.15, 0.2) is 12.3 Å². The van der Waals surface area contributed by atoms with Gasteiger partial charge in [-0.05, 0) is 48.1 Å². The summed E-state index contributed by atoms with van der Waals surface area (Å²) in [6.07, 6.45) is 6.28. The summed E-state index contributed by atoms with van der Waals surface area (Å²) in [6, 6.07) is 18.4. The van der Waals surface area contributed by atoms with Crippen LogP contribution in [0.3, 0.4) is 0 Å². The molecule has 1 aliphatic rings. The predicted molar refractivity (Wildman–Crippen MR) is 119 cm³/mol. The van der Waals surface area contributed by atoms with Crippen LogP contribution in [-0.2, 0) is 16.2 Å². The minimum absolute atomic E-state index is 0.238. The average Bonchev–Trinajstić information content (AvgIpc) is 3.19. The van der Waals surface area contributed by atoms with Crippen LogP contribution in [0.1, 0.15) is 48.6 Å². The van der Waals surface area contributed by atoms with Crippen molar-refractivity contribution in [1.82, 2.24) is 0 Å². The maximum absolute atomic E-state index is 10.7. The fourth-order valence-corrected chi connectivity index (χ4v) is 4.99. The highest BCUT2D eigenvalue weighted by Crippen LogP contribution is 2.37. The Hall–Kier alpha value is -2.86. The van der Waals surface area contributed by atoms with Crippen molar-refractivity contribution in [3.63, 3.8) is 0 Å². The smallest absolute Gasteiger partial charge is 0.350 e. The lowest BCUT2D eigenvalue weighted by Gasteiger charge is -2.28. The van der Waals surface area contributed by atoms with E-state index in [0.717, 1.165) is 30.4 Å². The Labute approximate surface area is 179 Å². The molecular weight excluding hydrogens is 398 g/mol. The van der Waals surface area contributed by atoms with Gasteiger partial charge in [-0.15, -0.1) is 11.3 Å². The molecule has 0 aliphatic heterocycles. The van der Waals surface area contributed by atoms with Gasteiger partial charge in [0.2, 0.25) is 0 Å². The second-order valence-corrected chi connectivity index (χ2v) is 8.77. The zero-order valence-electron chi connectivity index (χ0n) is 16.7. The number of nitrogens with zero attached hydrogens (tertiary/aromatic N) is 1. The van der Waals surface area contributed by atoms with Gasteiger partial charge in [0.1, 0.15) is 12.4 Å². The van der Waals surface area contributed by atoms with Crippen LogP contribution in [0.25, 0.3) is 10.1 Å². The number of ether oxygens (including phenoxy) is 1. The van der Waals surface area contributed by atoms with Crippen LogP contribution < -0.4 is 4.74 Å². The number of thiophene rings is 1. The minimum atomic E-state index is -1.11. The molecule has 5 nitrogen and oxygen atoms in total. The van der Waals surface area contributed by atoms with Crippen LogP contribution >= 0.6 is 11.3 Å². The van der Waals surface area contributed by atoms with Crippen molar-refractivity contribution in [3.8, 4) is 5.75 Å². The highest BCUT2D eigenvalue weighted by molar-refractivity contribution is 7.19. The summed E-state index contributed by atoms with van der Waals surface area (Å²) in [7, 11) is 0. The maximum Gasteiger partial charge on any atom is 0.350 e. The predicted octanol–water partition coefficient (Wildman–Crippen LogP) is 6.19. The first-order valence-electron chi connectivity index (χ1n) is 10.3. The molecule has 0 spiro atoms. The van der Waals surface area contributed by atoms with Crippen molar-refractivity contribution < 1.29 is 19.5 Å². The van der Waals surface area contributed by atoms with E-state index in [0.29, 0.717) is 12.5 Å². The highest BCUT2D eigenvalue weighted by Gasteiger charge is 2.27. The first-order chi connectivity index (χ1) is 14.7. The van der Waals surface area contributed by atoms with Crippen molar-refractivity contribution in [2.75, 3.05) is 0 Å². The first kappa shape index (κ1) is 20.4. The SMILES string of the molecule is O=C(O)/C=N/OC(c1ccc(OCc2cc3ccccc3s2)cc1)C1CCCCC1. The van der Waals surface area contributed by atoms with E-state index in [4.69, 9.17) is 14.7 Å². The molecule has 0 amide bonds. The van der Waals surface area contributed by atoms with Gasteiger partial charge in [0, 0.05) is 15.5 Å². The fourth-order valence-electron chi connectivity index (χ4n) is 4.01. The van der Waals surface area contributed by atoms with Crippen LogP contribution in [-0.4, -0.2) is 17.3 Å². The second kappa shape index (κ2) is 9.76. The van der Waals surface area contributed by atoms with E-state index in [1.807, 2.05) is 36.4 Å². The number of hydrogen-bond donors (Lipinski definition) is 1. The van der Waals surface area contributed by atoms with Gasteiger partial charge in [-0.3, -0.25) is 0 Å². The number of oxime groups is 1. The normalized spacial score (nSPS) is 16.0. The molecule has 1 unspecified atom stereocenters. The summed E-state index contributed by atoms with van der Waals surface area (Å²) < 4.78 is 7.24. The third kappa shape index (κ3) is 5.19. The van der Waals surface area contributed by atoms with E-state index in [1.54, 1.807) is 11.3 Å². The Bertz CT molecular complexity index is 972. The molecular formula is C24H25NO4S. The molecule has 1 fully saturated rings. The number of carbonyl (C=O) groups is 1. The molecule has 1 atom stereocenters. The van der Waals surface area contributed by atoms with Crippen LogP contribution in [0.4, 0.5) is 0 Å². The van der Waals surface area contributed by atoms with Crippen molar-refractivity contribution in [2.24, 2.45) is 11.1 Å². The van der Waals surface area contributed by atoms with E-state index >= 15 is 0 Å². The van der Waals surface area contributed by atoms with Gasteiger partial charge in [-0.25, -0.2) is 4.79 Å². The molecule has 1 N–H and O–H groups in total. The molecule has 0 radical (unpaired) electrons. The third-order valence-corrected chi connectivity index (χ3v) is 6.57. The number of fused-ring (bicyclic) bond motifs is 1. The molecule has 1 heterocycles. The fraction of sp³-hybridized carbons (Fsp3) is 0.333. The van der Waals surface area contributed by atoms with Crippen molar-refractivity contribution in [3.05, 3.63) is 65.0 Å². The lowest BCUT2D eigenvalue weighted by molar-refractivity contribution is -0.129. The molecule has 2 aromatic carbocycles. The van der Waals surface area contributed by atoms with E-state index in [1.165, 1.54) is 34.2 Å². The summed E-state index contributed by atoms with van der Waals surface area (Å²) in [4.78, 5) is 17.6. The largest absolute Gasteiger partial charge is 0.488 e. The van der Waals surface area contributed by atoms with Crippen molar-refractivity contribution in [2.45, 2.75) is 44.8 Å². The van der Waals surface area contributed by atoms with Gasteiger partial charge in [0.05, 0.1) is 0 Å². The average molecular weight is 424 g/mol. The van der Waals surface area contributed by atoms with Gasteiger partial charge in [-0.1, -0.05) is 54.8 Å². The Morgan fingerprint density at radius 1 is 1.13 bits per heavy atom. The lowest BCUT2D eigenvalue weighted by Crippen LogP contribution is -2.18. The van der Waals surface area contributed by atoms with E-state index in [-0.39, 0.29) is 6.10 Å². The number of benzene rings is 2. The zero-order valence-corrected chi connectivity index (χ0v) is 17.5. The Kier molecular flexibility index (Phi) is 6.64. The second-order valence-electron chi connectivity index (χ2n) is 7.61. The number of carboxylic acids is 1. The minimum Gasteiger partial charge on any atom is -0.488 e. The van der Waals surface area contributed by atoms with Crippen LogP contribution in [0.15, 0.2) is 59.8 Å². The third-order valence-electron chi connectivity index (χ3n) is 5.48. The molecule has 0 saturated heterocycles. The summed E-state index contributed by atoms with van der Waals surface area (Å²) in [5.74, 6) is 0.0324. The van der Waals surface area contributed by atoms with E-state index in [2.05, 4.69) is 23.4 Å². The molecule has 4 rings (SSSR count). The van der Waals surface area contributed by atoms with Crippen LogP contribution in [0.2, 0.25) is 0 Å². The molecule has 1 aromatic heterocycles. The monoisotopic (exact) mass is 423 g/mol. The summed E-state index contributed by atoms with van der Waals surface area (Å²) in [6.45, 7) is 0.532. The molecule has 1 saturated carbocycles. The molecule has 6 heteroatoms. The van der Waals surface area contributed by atoms with Gasteiger partial charge in [0.25, 0.3) is 0 Å². The molecule has 156 valence electrons. The summed E-state index contributed by atoms with van der Waals surface area (Å²) in [5, 5.41) is 13.7. The standard InChI is InChI=1S/C24H25NO4S/c26-23(27)15-25-29-24(17-6-2-1-3-7-17)18-10-12-20(13-11-18)28-16-21-14-19-8-4-5-9-22(19)30-21/h4-5,8-15,17,24H,1-3,6-7,16H2,(H,26,27)/b25-15+. The molecule has 0 bridgehead atoms. The number of rotatable bonds is 8. The maximum atomic E-state index is 10.7. The Morgan fingerprint density at radius 2 is 1.90 bits per heavy atom. The Balaban J connectivity index is 1.42. The van der Waals surface area contributed by atoms with Crippen LogP contribution in [0, 0.1) is 5.92 Å². The topological polar surface area (TPSA) is 68.1 Å². The van der Waals surface area contributed by atoms with Crippen molar-refractivity contribution >= 4 is 33.6 Å². The Morgan fingerprint density at radius 3 is 2.63 bits per heavy atom. The van der Waals surface area contributed by atoms with Crippen molar-refractivity contribution in [1.29, 1.82) is 0 Å². The quantitative estimate of drug-likeness (QED) is 0.346. The summed E-state index contributed by atoms with van der Waals surface area (Å²) in [5.41, 5.74) is 0.999. The zero-order chi connectivity index (χ0) is 20.8. The molecule has 3 aromatic rings. The van der Waals surface area contributed by atoms with Gasteiger partial charge < -0.3 is 14.7 Å². The van der Waals surface area contributed by atoms with E-state index in [9.17, 15) is 4.79 Å². The lowest BCUT2D eigenvalue weighted by atomic mass is 9.83. The first-order valence-corrected chi connectivity index (χ1v) is 11.1. The van der Waals surface area contributed by atoms with E-state index < -0.39 is 5.97 Å². The number of aliphatic carboxylic acids is 1. The molecule has 1 aliphatic carbocycles. The number of hydrogen-bond acceptors (Lipinski definition) is 5.